The fourth-order valence-corrected chi connectivity index (χ4v) is 3.61. The number of hydrogen-bond donors (Lipinski definition) is 1. The van der Waals surface area contributed by atoms with E-state index in [1.54, 1.807) is 20.8 Å². The smallest absolute Gasteiger partial charge is 0.341 e. The van der Waals surface area contributed by atoms with Crippen molar-refractivity contribution in [3.63, 3.8) is 0 Å². The number of likely N-dealkylation sites (N-methyl/N-ethyl adjacent to an activating group) is 1. The fraction of sp³-hybridized carbons (Fsp3) is 0.500. The first-order chi connectivity index (χ1) is 11.7. The van der Waals surface area contributed by atoms with Crippen LogP contribution in [0.15, 0.2) is 23.1 Å². The Balaban J connectivity index is 3.13. The largest absolute Gasteiger partial charge is 0.449 e. The van der Waals surface area contributed by atoms with Gasteiger partial charge in [0.15, 0.2) is 6.10 Å². The quantitative estimate of drug-likeness (QED) is 0.697. The Morgan fingerprint density at radius 2 is 1.84 bits per heavy atom. The second kappa shape index (κ2) is 8.91. The van der Waals surface area contributed by atoms with Gasteiger partial charge in [0.1, 0.15) is 5.82 Å². The van der Waals surface area contributed by atoms with E-state index in [-0.39, 0.29) is 18.0 Å². The molecular formula is C16H23FN2O5S. The Labute approximate surface area is 147 Å². The van der Waals surface area contributed by atoms with Crippen LogP contribution in [-0.4, -0.2) is 50.3 Å². The summed E-state index contributed by atoms with van der Waals surface area (Å²) >= 11 is 0. The van der Waals surface area contributed by atoms with Crippen molar-refractivity contribution < 1.29 is 27.1 Å². The highest BCUT2D eigenvalue weighted by atomic mass is 32.2. The summed E-state index contributed by atoms with van der Waals surface area (Å²) in [5.74, 6) is -2.55. The van der Waals surface area contributed by atoms with Gasteiger partial charge in [0.25, 0.3) is 5.91 Å². The molecule has 9 heteroatoms. The molecule has 1 amide bonds. The van der Waals surface area contributed by atoms with Gasteiger partial charge in [-0.2, -0.15) is 4.31 Å². The summed E-state index contributed by atoms with van der Waals surface area (Å²) < 4.78 is 45.0. The van der Waals surface area contributed by atoms with E-state index in [2.05, 4.69) is 5.32 Å². The van der Waals surface area contributed by atoms with Crippen molar-refractivity contribution in [1.82, 2.24) is 9.62 Å². The monoisotopic (exact) mass is 374 g/mol. The first-order valence-corrected chi connectivity index (χ1v) is 9.41. The average Bonchev–Trinajstić information content (AvgIpc) is 2.55. The van der Waals surface area contributed by atoms with Gasteiger partial charge in [0.2, 0.25) is 10.0 Å². The van der Waals surface area contributed by atoms with E-state index in [4.69, 9.17) is 4.74 Å². The predicted octanol–water partition coefficient (Wildman–Crippen LogP) is 1.54. The van der Waals surface area contributed by atoms with Crippen molar-refractivity contribution in [3.05, 3.63) is 29.6 Å². The van der Waals surface area contributed by atoms with E-state index in [1.807, 2.05) is 0 Å². The molecule has 7 nitrogen and oxygen atoms in total. The van der Waals surface area contributed by atoms with Gasteiger partial charge < -0.3 is 10.1 Å². The summed E-state index contributed by atoms with van der Waals surface area (Å²) in [6, 6.07) is 2.91. The summed E-state index contributed by atoms with van der Waals surface area (Å²) in [6.07, 6.45) is -1.13. The molecule has 0 aliphatic carbocycles. The molecule has 0 aliphatic rings. The third-order valence-corrected chi connectivity index (χ3v) is 5.55. The van der Waals surface area contributed by atoms with Crippen molar-refractivity contribution in [3.8, 4) is 0 Å². The van der Waals surface area contributed by atoms with Crippen molar-refractivity contribution in [2.45, 2.75) is 38.7 Å². The molecule has 0 aliphatic heterocycles. The first-order valence-electron chi connectivity index (χ1n) is 7.97. The fourth-order valence-electron chi connectivity index (χ4n) is 2.13. The van der Waals surface area contributed by atoms with E-state index in [1.165, 1.54) is 11.2 Å². The second-order valence-corrected chi connectivity index (χ2v) is 7.11. The molecule has 0 heterocycles. The topological polar surface area (TPSA) is 92.8 Å². The Bertz CT molecular complexity index is 732. The standard InChI is InChI=1S/C16H23FN2O5S/c1-5-18-15(20)11(4)24-16(21)13-10-12(8-9-14(13)17)25(22,23)19(6-2)7-3/h8-11H,5-7H2,1-4H3,(H,18,20)/t11-/m1/s1. The zero-order valence-electron chi connectivity index (χ0n) is 14.7. The highest BCUT2D eigenvalue weighted by molar-refractivity contribution is 7.89. The van der Waals surface area contributed by atoms with Gasteiger partial charge in [0, 0.05) is 19.6 Å². The minimum absolute atomic E-state index is 0.213. The van der Waals surface area contributed by atoms with Crippen LogP contribution in [-0.2, 0) is 19.6 Å². The SMILES string of the molecule is CCNC(=O)[C@@H](C)OC(=O)c1cc(S(=O)(=O)N(CC)CC)ccc1F. The normalized spacial score (nSPS) is 12.7. The van der Waals surface area contributed by atoms with E-state index in [0.29, 0.717) is 6.54 Å². The lowest BCUT2D eigenvalue weighted by Gasteiger charge is -2.19. The molecule has 0 saturated carbocycles. The summed E-state index contributed by atoms with van der Waals surface area (Å²) in [5.41, 5.74) is -0.538. The highest BCUT2D eigenvalue weighted by Crippen LogP contribution is 2.20. The van der Waals surface area contributed by atoms with E-state index in [9.17, 15) is 22.4 Å². The van der Waals surface area contributed by atoms with Gasteiger partial charge in [0.05, 0.1) is 10.5 Å². The number of amides is 1. The Morgan fingerprint density at radius 1 is 1.24 bits per heavy atom. The van der Waals surface area contributed by atoms with Crippen molar-refractivity contribution >= 4 is 21.9 Å². The molecule has 140 valence electrons. The molecule has 25 heavy (non-hydrogen) atoms. The van der Waals surface area contributed by atoms with Crippen LogP contribution in [0, 0.1) is 5.82 Å². The Hall–Kier alpha value is -2.00. The maximum absolute atomic E-state index is 14.0. The number of hydrogen-bond acceptors (Lipinski definition) is 5. The van der Waals surface area contributed by atoms with E-state index < -0.39 is 39.4 Å². The molecule has 1 atom stereocenters. The number of esters is 1. The number of ether oxygens (including phenoxy) is 1. The maximum atomic E-state index is 14.0. The Morgan fingerprint density at radius 3 is 2.36 bits per heavy atom. The van der Waals surface area contributed by atoms with Gasteiger partial charge in [-0.25, -0.2) is 17.6 Å². The summed E-state index contributed by atoms with van der Waals surface area (Å²) in [7, 11) is -3.85. The minimum Gasteiger partial charge on any atom is -0.449 e. The molecule has 0 bridgehead atoms. The van der Waals surface area contributed by atoms with Crippen molar-refractivity contribution in [2.24, 2.45) is 0 Å². The predicted molar refractivity (Wildman–Crippen MR) is 90.1 cm³/mol. The van der Waals surface area contributed by atoms with Crippen LogP contribution in [0.4, 0.5) is 4.39 Å². The molecule has 1 aromatic carbocycles. The summed E-state index contributed by atoms with van der Waals surface area (Å²) in [6.45, 7) is 7.23. The van der Waals surface area contributed by atoms with Crippen LogP contribution < -0.4 is 5.32 Å². The molecule has 0 radical (unpaired) electrons. The van der Waals surface area contributed by atoms with Gasteiger partial charge in [-0.3, -0.25) is 4.79 Å². The van der Waals surface area contributed by atoms with Crippen LogP contribution in [0.2, 0.25) is 0 Å². The van der Waals surface area contributed by atoms with Crippen molar-refractivity contribution in [2.75, 3.05) is 19.6 Å². The number of carbonyl (C=O) groups excluding carboxylic acids is 2. The maximum Gasteiger partial charge on any atom is 0.341 e. The lowest BCUT2D eigenvalue weighted by molar-refractivity contribution is -0.128. The van der Waals surface area contributed by atoms with E-state index >= 15 is 0 Å². The molecule has 1 rings (SSSR count). The summed E-state index contributed by atoms with van der Waals surface area (Å²) in [5, 5.41) is 2.47. The van der Waals surface area contributed by atoms with Crippen LogP contribution in [0.3, 0.4) is 0 Å². The number of benzene rings is 1. The van der Waals surface area contributed by atoms with Crippen LogP contribution >= 0.6 is 0 Å². The zero-order chi connectivity index (χ0) is 19.2. The molecule has 0 aromatic heterocycles. The average molecular weight is 374 g/mol. The van der Waals surface area contributed by atoms with Crippen LogP contribution in [0.5, 0.6) is 0 Å². The number of rotatable bonds is 8. The second-order valence-electron chi connectivity index (χ2n) is 5.17. The van der Waals surface area contributed by atoms with E-state index in [0.717, 1.165) is 18.2 Å². The van der Waals surface area contributed by atoms with Crippen LogP contribution in [0.25, 0.3) is 0 Å². The first kappa shape index (κ1) is 21.0. The molecule has 0 spiro atoms. The molecular weight excluding hydrogens is 351 g/mol. The highest BCUT2D eigenvalue weighted by Gasteiger charge is 2.26. The molecule has 0 fully saturated rings. The number of nitrogens with one attached hydrogen (secondary N) is 1. The van der Waals surface area contributed by atoms with Gasteiger partial charge in [-0.15, -0.1) is 0 Å². The lowest BCUT2D eigenvalue weighted by Crippen LogP contribution is -2.35. The number of halogens is 1. The third kappa shape index (κ3) is 4.99. The molecule has 1 aromatic rings. The molecule has 0 saturated heterocycles. The number of carbonyl (C=O) groups is 2. The number of sulfonamides is 1. The van der Waals surface area contributed by atoms with Crippen LogP contribution in [0.1, 0.15) is 38.1 Å². The Kier molecular flexibility index (Phi) is 7.50. The zero-order valence-corrected chi connectivity index (χ0v) is 15.5. The van der Waals surface area contributed by atoms with Gasteiger partial charge >= 0.3 is 5.97 Å². The minimum atomic E-state index is -3.85. The van der Waals surface area contributed by atoms with Gasteiger partial charge in [-0.1, -0.05) is 13.8 Å². The van der Waals surface area contributed by atoms with Gasteiger partial charge in [-0.05, 0) is 32.0 Å². The number of nitrogens with zero attached hydrogens (tertiary/aromatic N) is 1. The third-order valence-electron chi connectivity index (χ3n) is 3.50. The molecule has 0 unspecified atom stereocenters. The van der Waals surface area contributed by atoms with Crippen molar-refractivity contribution in [1.29, 1.82) is 0 Å². The molecule has 1 N–H and O–H groups in total. The summed E-state index contributed by atoms with van der Waals surface area (Å²) in [4.78, 5) is 23.5. The lowest BCUT2D eigenvalue weighted by atomic mass is 10.2.